The van der Waals surface area contributed by atoms with Crippen molar-refractivity contribution in [2.45, 2.75) is 56.7 Å². The number of ether oxygens (including phenoxy) is 1. The Hall–Kier alpha value is -5.66. The fourth-order valence-corrected chi connectivity index (χ4v) is 9.65. The first kappa shape index (κ1) is 37.9. The van der Waals surface area contributed by atoms with Crippen LogP contribution in [0.2, 0.25) is 5.02 Å². The Labute approximate surface area is 338 Å². The van der Waals surface area contributed by atoms with Crippen molar-refractivity contribution >= 4 is 52.6 Å². The minimum absolute atomic E-state index is 0.00645. The fraction of sp³-hybridized carbons (Fsp3) is 0.463. The van der Waals surface area contributed by atoms with E-state index in [9.17, 15) is 24.0 Å². The number of halogens is 2. The van der Waals surface area contributed by atoms with Crippen LogP contribution in [0.3, 0.4) is 0 Å². The summed E-state index contributed by atoms with van der Waals surface area (Å²) < 4.78 is 21.4. The van der Waals surface area contributed by atoms with E-state index in [4.69, 9.17) is 21.6 Å². The highest BCUT2D eigenvalue weighted by Gasteiger charge is 2.46. The first-order valence-corrected chi connectivity index (χ1v) is 20.2. The molecule has 1 saturated carbocycles. The van der Waals surface area contributed by atoms with Gasteiger partial charge in [-0.2, -0.15) is 5.26 Å². The molecule has 3 aromatic rings. The number of carbonyl (C=O) groups excluding carboxylic acids is 5. The maximum Gasteiger partial charge on any atom is 0.271 e. The molecule has 0 spiro atoms. The Morgan fingerprint density at radius 1 is 0.914 bits per heavy atom. The van der Waals surface area contributed by atoms with Crippen LogP contribution in [0.15, 0.2) is 42.7 Å². The summed E-state index contributed by atoms with van der Waals surface area (Å²) in [6.45, 7) is 5.70. The standard InChI is InChI=1S/C41H41ClFN9O6/c42-31-9-28(4-1-23(31)12-44)58-27-5-2-26(3-6-27)47-38(54)33-13-46-36(14-45-33)51-20-24-18-49(19-25(24)21-51)15-22-16-50(17-22)35-11-30-29(10-32(35)43)40(56)52(41(30)57)34-7-8-37(53)48-39(34)55/h1,4,9-11,13-14,22,24-27,34H,2-3,5-8,15-21H2,(H,47,54)(H,48,53,55). The van der Waals surface area contributed by atoms with Crippen molar-refractivity contribution in [3.05, 3.63) is 75.9 Å². The largest absolute Gasteiger partial charge is 0.490 e. The predicted octanol–water partition coefficient (Wildman–Crippen LogP) is 3.17. The van der Waals surface area contributed by atoms with Crippen LogP contribution < -0.4 is 25.2 Å². The van der Waals surface area contributed by atoms with E-state index in [0.717, 1.165) is 75.2 Å². The zero-order valence-electron chi connectivity index (χ0n) is 31.5. The summed E-state index contributed by atoms with van der Waals surface area (Å²) in [4.78, 5) is 79.8. The number of amides is 5. The van der Waals surface area contributed by atoms with Crippen molar-refractivity contribution in [2.75, 3.05) is 55.6 Å². The lowest BCUT2D eigenvalue weighted by atomic mass is 9.93. The van der Waals surface area contributed by atoms with E-state index in [-0.39, 0.29) is 53.4 Å². The summed E-state index contributed by atoms with van der Waals surface area (Å²) >= 11 is 6.14. The maximum atomic E-state index is 15.3. The van der Waals surface area contributed by atoms with Crippen molar-refractivity contribution in [3.63, 3.8) is 0 Å². The van der Waals surface area contributed by atoms with E-state index >= 15 is 4.39 Å². The average Bonchev–Trinajstić information content (AvgIpc) is 3.84. The summed E-state index contributed by atoms with van der Waals surface area (Å²) in [6.07, 6.45) is 6.38. The molecule has 300 valence electrons. The molecule has 2 aromatic carbocycles. The lowest BCUT2D eigenvalue weighted by molar-refractivity contribution is -0.136. The van der Waals surface area contributed by atoms with E-state index in [1.54, 1.807) is 30.6 Å². The Morgan fingerprint density at radius 3 is 2.29 bits per heavy atom. The number of nitrogens with zero attached hydrogens (tertiary/aromatic N) is 7. The number of anilines is 2. The molecule has 3 unspecified atom stereocenters. The molecule has 1 aromatic heterocycles. The number of piperidine rings is 1. The number of nitriles is 1. The lowest BCUT2D eigenvalue weighted by Crippen LogP contribution is -2.54. The van der Waals surface area contributed by atoms with Crippen LogP contribution in [0.25, 0.3) is 0 Å². The molecule has 0 bridgehead atoms. The number of rotatable bonds is 9. The number of carbonyl (C=O) groups is 5. The highest BCUT2D eigenvalue weighted by molar-refractivity contribution is 6.31. The van der Waals surface area contributed by atoms with Gasteiger partial charge in [0.05, 0.1) is 45.9 Å². The Balaban J connectivity index is 0.712. The second kappa shape index (κ2) is 15.3. The number of likely N-dealkylation sites (tertiary alicyclic amines) is 1. The van der Waals surface area contributed by atoms with E-state index in [2.05, 4.69) is 30.4 Å². The van der Waals surface area contributed by atoms with Crippen molar-refractivity contribution < 1.29 is 33.1 Å². The molecule has 4 saturated heterocycles. The highest BCUT2D eigenvalue weighted by Crippen LogP contribution is 2.38. The van der Waals surface area contributed by atoms with Gasteiger partial charge in [-0.3, -0.25) is 34.2 Å². The maximum absolute atomic E-state index is 15.3. The van der Waals surface area contributed by atoms with E-state index in [1.165, 1.54) is 6.07 Å². The highest BCUT2D eigenvalue weighted by atomic mass is 35.5. The fourth-order valence-electron chi connectivity index (χ4n) is 9.43. The van der Waals surface area contributed by atoms with Crippen LogP contribution in [0.4, 0.5) is 15.9 Å². The molecule has 6 aliphatic rings. The van der Waals surface area contributed by atoms with Gasteiger partial charge in [0.2, 0.25) is 11.8 Å². The van der Waals surface area contributed by atoms with Gasteiger partial charge in [0.1, 0.15) is 35.2 Å². The third-order valence-corrected chi connectivity index (χ3v) is 12.8. The van der Waals surface area contributed by atoms with Gasteiger partial charge in [-0.05, 0) is 68.2 Å². The van der Waals surface area contributed by atoms with Gasteiger partial charge in [-0.1, -0.05) is 11.6 Å². The van der Waals surface area contributed by atoms with Crippen LogP contribution in [0, 0.1) is 34.9 Å². The topological polar surface area (TPSA) is 181 Å². The molecule has 17 heteroatoms. The SMILES string of the molecule is N#Cc1ccc(OC2CCC(NC(=O)c3cnc(N4CC5CN(CC6CN(c7cc8c(cc7F)C(=O)N(C7CCC(=O)NC7=O)C8=O)C6)CC5C4)cn3)CC2)cc1Cl. The molecule has 5 aliphatic heterocycles. The van der Waals surface area contributed by atoms with Gasteiger partial charge in [0.15, 0.2) is 0 Å². The average molecular weight is 810 g/mol. The number of benzene rings is 2. The summed E-state index contributed by atoms with van der Waals surface area (Å²) in [6, 6.07) is 8.53. The van der Waals surface area contributed by atoms with Crippen LogP contribution in [-0.2, 0) is 9.59 Å². The monoisotopic (exact) mass is 809 g/mol. The second-order valence-corrected chi connectivity index (χ2v) is 16.7. The van der Waals surface area contributed by atoms with Gasteiger partial charge < -0.3 is 24.8 Å². The zero-order valence-corrected chi connectivity index (χ0v) is 32.3. The Kier molecular flexibility index (Phi) is 9.97. The lowest BCUT2D eigenvalue weighted by Gasteiger charge is -2.43. The molecule has 3 atom stereocenters. The molecule has 2 N–H and O–H groups in total. The molecule has 5 amide bonds. The number of imide groups is 2. The van der Waals surface area contributed by atoms with Gasteiger partial charge in [0, 0.05) is 70.3 Å². The van der Waals surface area contributed by atoms with Crippen molar-refractivity contribution in [1.29, 1.82) is 5.26 Å². The van der Waals surface area contributed by atoms with Gasteiger partial charge in [0.25, 0.3) is 17.7 Å². The number of fused-ring (bicyclic) bond motifs is 2. The van der Waals surface area contributed by atoms with Gasteiger partial charge in [-0.15, -0.1) is 0 Å². The molecule has 15 nitrogen and oxygen atoms in total. The van der Waals surface area contributed by atoms with E-state index in [1.807, 2.05) is 11.0 Å². The minimum Gasteiger partial charge on any atom is -0.490 e. The van der Waals surface area contributed by atoms with Crippen molar-refractivity contribution in [3.8, 4) is 11.8 Å². The summed E-state index contributed by atoms with van der Waals surface area (Å²) in [5.74, 6) is -0.717. The smallest absolute Gasteiger partial charge is 0.271 e. The molecular weight excluding hydrogens is 769 g/mol. The van der Waals surface area contributed by atoms with Gasteiger partial charge in [-0.25, -0.2) is 14.4 Å². The third-order valence-electron chi connectivity index (χ3n) is 12.5. The molecule has 6 heterocycles. The number of hydrogen-bond acceptors (Lipinski definition) is 12. The molecular formula is C41H41ClFN9O6. The quantitative estimate of drug-likeness (QED) is 0.302. The summed E-state index contributed by atoms with van der Waals surface area (Å²) in [5, 5.41) is 14.7. The third kappa shape index (κ3) is 7.21. The van der Waals surface area contributed by atoms with Crippen LogP contribution in [0.1, 0.15) is 75.3 Å². The number of aromatic nitrogens is 2. The molecule has 5 fully saturated rings. The molecule has 0 radical (unpaired) electrons. The van der Waals surface area contributed by atoms with Crippen molar-refractivity contribution in [2.24, 2.45) is 17.8 Å². The summed E-state index contributed by atoms with van der Waals surface area (Å²) in [5.41, 5.74) is 0.959. The van der Waals surface area contributed by atoms with E-state index < -0.39 is 35.5 Å². The normalized spacial score (nSPS) is 25.9. The van der Waals surface area contributed by atoms with Crippen LogP contribution in [0.5, 0.6) is 5.75 Å². The Bertz CT molecular complexity index is 2230. The Morgan fingerprint density at radius 2 is 1.64 bits per heavy atom. The first-order valence-electron chi connectivity index (χ1n) is 19.8. The second-order valence-electron chi connectivity index (χ2n) is 16.3. The summed E-state index contributed by atoms with van der Waals surface area (Å²) in [7, 11) is 0. The molecule has 9 rings (SSSR count). The predicted molar refractivity (Wildman–Crippen MR) is 207 cm³/mol. The number of hydrogen-bond donors (Lipinski definition) is 2. The minimum atomic E-state index is -1.10. The first-order chi connectivity index (χ1) is 28.0. The van der Waals surface area contributed by atoms with Crippen LogP contribution >= 0.6 is 11.6 Å². The molecule has 1 aliphatic carbocycles. The molecule has 58 heavy (non-hydrogen) atoms. The van der Waals surface area contributed by atoms with E-state index in [0.29, 0.717) is 47.2 Å². The van der Waals surface area contributed by atoms with Gasteiger partial charge >= 0.3 is 0 Å². The zero-order chi connectivity index (χ0) is 40.2. The van der Waals surface area contributed by atoms with Crippen molar-refractivity contribution in [1.82, 2.24) is 30.4 Å². The van der Waals surface area contributed by atoms with Crippen LogP contribution in [-0.4, -0.2) is 113 Å². The number of nitrogens with one attached hydrogen (secondary N) is 2.